The van der Waals surface area contributed by atoms with E-state index in [1.165, 1.54) is 6.07 Å². The summed E-state index contributed by atoms with van der Waals surface area (Å²) >= 11 is 0. The fraction of sp³-hybridized carbons (Fsp3) is 0.417. The molecular formula is C12H15N3O3. The summed E-state index contributed by atoms with van der Waals surface area (Å²) in [4.78, 5) is 23.5. The van der Waals surface area contributed by atoms with E-state index < -0.39 is 4.92 Å². The van der Waals surface area contributed by atoms with E-state index in [0.29, 0.717) is 18.9 Å². The van der Waals surface area contributed by atoms with Crippen LogP contribution in [0.15, 0.2) is 18.2 Å². The number of amides is 1. The lowest BCUT2D eigenvalue weighted by atomic mass is 10.1. The summed E-state index contributed by atoms with van der Waals surface area (Å²) in [5.41, 5.74) is 6.47. The third-order valence-electron chi connectivity index (χ3n) is 3.07. The van der Waals surface area contributed by atoms with Crippen LogP contribution >= 0.6 is 0 Å². The number of nitro benzene ring substituents is 1. The average Bonchev–Trinajstić information content (AvgIpc) is 2.57. The second kappa shape index (κ2) is 4.64. The van der Waals surface area contributed by atoms with Crippen molar-refractivity contribution in [2.75, 3.05) is 12.3 Å². The normalized spacial score (nSPS) is 19.3. The number of likely N-dealkylation sites (tertiary alicyclic amines) is 1. The minimum Gasteiger partial charge on any atom is -0.393 e. The standard InChI is InChI=1S/C12H15N3O3/c1-8-4-12(16)14(6-8)7-9-2-3-11(15(17)18)10(13)5-9/h2-3,5,8H,4,6-7,13H2,1H3. The molecule has 1 aliphatic rings. The van der Waals surface area contributed by atoms with Crippen molar-refractivity contribution in [3.63, 3.8) is 0 Å². The van der Waals surface area contributed by atoms with E-state index in [1.54, 1.807) is 17.0 Å². The lowest BCUT2D eigenvalue weighted by Crippen LogP contribution is -2.24. The molecule has 0 aromatic heterocycles. The Balaban J connectivity index is 2.13. The molecule has 0 radical (unpaired) electrons. The molecule has 0 saturated carbocycles. The van der Waals surface area contributed by atoms with Gasteiger partial charge < -0.3 is 10.6 Å². The van der Waals surface area contributed by atoms with Crippen molar-refractivity contribution in [3.8, 4) is 0 Å². The molecular weight excluding hydrogens is 234 g/mol. The van der Waals surface area contributed by atoms with Crippen LogP contribution in [-0.4, -0.2) is 22.3 Å². The molecule has 96 valence electrons. The van der Waals surface area contributed by atoms with Gasteiger partial charge in [0.2, 0.25) is 5.91 Å². The zero-order valence-electron chi connectivity index (χ0n) is 10.1. The zero-order valence-corrected chi connectivity index (χ0v) is 10.1. The Labute approximate surface area is 105 Å². The molecule has 6 heteroatoms. The van der Waals surface area contributed by atoms with Gasteiger partial charge in [0.1, 0.15) is 5.69 Å². The Morgan fingerprint density at radius 1 is 1.56 bits per heavy atom. The highest BCUT2D eigenvalue weighted by Gasteiger charge is 2.26. The summed E-state index contributed by atoms with van der Waals surface area (Å²) in [5, 5.41) is 10.6. The van der Waals surface area contributed by atoms with Gasteiger partial charge in [0, 0.05) is 25.6 Å². The van der Waals surface area contributed by atoms with Crippen LogP contribution in [0.3, 0.4) is 0 Å². The Hall–Kier alpha value is -2.11. The second-order valence-electron chi connectivity index (χ2n) is 4.73. The Kier molecular flexibility index (Phi) is 3.18. The monoisotopic (exact) mass is 249 g/mol. The number of rotatable bonds is 3. The van der Waals surface area contributed by atoms with Crippen LogP contribution in [-0.2, 0) is 11.3 Å². The Bertz CT molecular complexity index is 501. The first-order chi connectivity index (χ1) is 8.47. The fourth-order valence-corrected chi connectivity index (χ4v) is 2.21. The first-order valence-electron chi connectivity index (χ1n) is 5.78. The lowest BCUT2D eigenvalue weighted by Gasteiger charge is -2.16. The van der Waals surface area contributed by atoms with Crippen LogP contribution in [0.4, 0.5) is 11.4 Å². The molecule has 6 nitrogen and oxygen atoms in total. The van der Waals surface area contributed by atoms with E-state index >= 15 is 0 Å². The Morgan fingerprint density at radius 3 is 2.78 bits per heavy atom. The molecule has 1 atom stereocenters. The van der Waals surface area contributed by atoms with Gasteiger partial charge in [0.05, 0.1) is 4.92 Å². The zero-order chi connectivity index (χ0) is 13.3. The minimum absolute atomic E-state index is 0.0973. The molecule has 1 heterocycles. The molecule has 1 aromatic rings. The maximum atomic E-state index is 11.6. The molecule has 2 N–H and O–H groups in total. The van der Waals surface area contributed by atoms with Crippen LogP contribution < -0.4 is 5.73 Å². The van der Waals surface area contributed by atoms with Crippen molar-refractivity contribution in [2.24, 2.45) is 5.92 Å². The summed E-state index contributed by atoms with van der Waals surface area (Å²) in [6, 6.07) is 4.59. The molecule has 1 amide bonds. The van der Waals surface area contributed by atoms with E-state index in [9.17, 15) is 14.9 Å². The quantitative estimate of drug-likeness (QED) is 0.500. The van der Waals surface area contributed by atoms with Crippen molar-refractivity contribution in [2.45, 2.75) is 19.9 Å². The number of anilines is 1. The minimum atomic E-state index is -0.512. The van der Waals surface area contributed by atoms with E-state index in [-0.39, 0.29) is 17.3 Å². The van der Waals surface area contributed by atoms with Crippen molar-refractivity contribution in [1.82, 2.24) is 4.90 Å². The molecule has 1 aromatic carbocycles. The number of carbonyl (C=O) groups excluding carboxylic acids is 1. The van der Waals surface area contributed by atoms with E-state index in [1.807, 2.05) is 6.92 Å². The molecule has 18 heavy (non-hydrogen) atoms. The van der Waals surface area contributed by atoms with Crippen LogP contribution in [0.1, 0.15) is 18.9 Å². The third kappa shape index (κ3) is 2.42. The first kappa shape index (κ1) is 12.3. The predicted octanol–water partition coefficient (Wildman–Crippen LogP) is 1.55. The molecule has 1 unspecified atom stereocenters. The highest BCUT2D eigenvalue weighted by atomic mass is 16.6. The van der Waals surface area contributed by atoms with Crippen molar-refractivity contribution < 1.29 is 9.72 Å². The number of nitrogen functional groups attached to an aromatic ring is 1. The van der Waals surface area contributed by atoms with Gasteiger partial charge in [-0.3, -0.25) is 14.9 Å². The number of nitrogens with two attached hydrogens (primary N) is 1. The number of benzene rings is 1. The molecule has 1 saturated heterocycles. The van der Waals surface area contributed by atoms with E-state index in [2.05, 4.69) is 0 Å². The number of nitrogens with zero attached hydrogens (tertiary/aromatic N) is 2. The molecule has 1 fully saturated rings. The fourth-order valence-electron chi connectivity index (χ4n) is 2.21. The van der Waals surface area contributed by atoms with Crippen molar-refractivity contribution in [3.05, 3.63) is 33.9 Å². The van der Waals surface area contributed by atoms with E-state index in [0.717, 1.165) is 12.1 Å². The predicted molar refractivity (Wildman–Crippen MR) is 66.7 cm³/mol. The van der Waals surface area contributed by atoms with Gasteiger partial charge in [-0.05, 0) is 17.5 Å². The SMILES string of the molecule is CC1CC(=O)N(Cc2ccc([N+](=O)[O-])c(N)c2)C1. The highest BCUT2D eigenvalue weighted by Crippen LogP contribution is 2.24. The van der Waals surface area contributed by atoms with Crippen LogP contribution in [0.5, 0.6) is 0 Å². The van der Waals surface area contributed by atoms with Crippen LogP contribution in [0.2, 0.25) is 0 Å². The van der Waals surface area contributed by atoms with Gasteiger partial charge in [-0.1, -0.05) is 13.0 Å². The van der Waals surface area contributed by atoms with Gasteiger partial charge >= 0.3 is 0 Å². The molecule has 0 bridgehead atoms. The van der Waals surface area contributed by atoms with E-state index in [4.69, 9.17) is 5.73 Å². The summed E-state index contributed by atoms with van der Waals surface area (Å²) in [7, 11) is 0. The summed E-state index contributed by atoms with van der Waals surface area (Å²) in [6.45, 7) is 3.23. The second-order valence-corrected chi connectivity index (χ2v) is 4.73. The smallest absolute Gasteiger partial charge is 0.292 e. The van der Waals surface area contributed by atoms with Crippen molar-refractivity contribution >= 4 is 17.3 Å². The molecule has 2 rings (SSSR count). The van der Waals surface area contributed by atoms with Crippen LogP contribution in [0.25, 0.3) is 0 Å². The van der Waals surface area contributed by atoms with Gasteiger partial charge in [-0.2, -0.15) is 0 Å². The Morgan fingerprint density at radius 2 is 2.28 bits per heavy atom. The number of carbonyl (C=O) groups is 1. The highest BCUT2D eigenvalue weighted by molar-refractivity contribution is 5.78. The van der Waals surface area contributed by atoms with Gasteiger partial charge in [0.25, 0.3) is 5.69 Å². The van der Waals surface area contributed by atoms with Gasteiger partial charge in [-0.25, -0.2) is 0 Å². The largest absolute Gasteiger partial charge is 0.393 e. The number of nitro groups is 1. The summed E-state index contributed by atoms with van der Waals surface area (Å²) < 4.78 is 0. The van der Waals surface area contributed by atoms with Gasteiger partial charge in [-0.15, -0.1) is 0 Å². The summed E-state index contributed by atoms with van der Waals surface area (Å²) in [5.74, 6) is 0.493. The number of hydrogen-bond donors (Lipinski definition) is 1. The van der Waals surface area contributed by atoms with Gasteiger partial charge in [0.15, 0.2) is 0 Å². The van der Waals surface area contributed by atoms with Crippen LogP contribution in [0, 0.1) is 16.0 Å². The molecule has 0 spiro atoms. The topological polar surface area (TPSA) is 89.5 Å². The summed E-state index contributed by atoms with van der Waals surface area (Å²) in [6.07, 6.45) is 0.572. The first-order valence-corrected chi connectivity index (χ1v) is 5.78. The maximum absolute atomic E-state index is 11.6. The maximum Gasteiger partial charge on any atom is 0.292 e. The van der Waals surface area contributed by atoms with Crippen molar-refractivity contribution in [1.29, 1.82) is 0 Å². The average molecular weight is 249 g/mol. The third-order valence-corrected chi connectivity index (χ3v) is 3.07. The number of hydrogen-bond acceptors (Lipinski definition) is 4. The molecule has 0 aliphatic carbocycles. The lowest BCUT2D eigenvalue weighted by molar-refractivity contribution is -0.383. The molecule has 1 aliphatic heterocycles.